The lowest BCUT2D eigenvalue weighted by Gasteiger charge is -2.09. The van der Waals surface area contributed by atoms with Crippen molar-refractivity contribution in [3.05, 3.63) is 16.6 Å². The standard InChI is InChI=1S/C9H11NO2S/c11-9(12)3-7(6-1-2-6)8-4-10-5-13-8/h4-7H,1-3H2,(H,11,12). The zero-order valence-electron chi connectivity index (χ0n) is 7.14. The molecule has 0 saturated heterocycles. The van der Waals surface area contributed by atoms with Crippen molar-refractivity contribution in [1.82, 2.24) is 4.98 Å². The number of rotatable bonds is 4. The van der Waals surface area contributed by atoms with E-state index >= 15 is 0 Å². The molecule has 1 aliphatic carbocycles. The molecule has 1 atom stereocenters. The monoisotopic (exact) mass is 197 g/mol. The smallest absolute Gasteiger partial charge is 0.304 e. The lowest BCUT2D eigenvalue weighted by molar-refractivity contribution is -0.137. The topological polar surface area (TPSA) is 50.2 Å². The van der Waals surface area contributed by atoms with Gasteiger partial charge in [0.1, 0.15) is 0 Å². The Hall–Kier alpha value is -0.900. The SMILES string of the molecule is O=C(O)CC(c1cncs1)C1CC1. The molecule has 1 aromatic heterocycles. The Morgan fingerprint density at radius 2 is 2.54 bits per heavy atom. The summed E-state index contributed by atoms with van der Waals surface area (Å²) in [4.78, 5) is 15.7. The van der Waals surface area contributed by atoms with E-state index in [2.05, 4.69) is 4.98 Å². The molecule has 3 nitrogen and oxygen atoms in total. The van der Waals surface area contributed by atoms with Gasteiger partial charge in [0.05, 0.1) is 11.9 Å². The van der Waals surface area contributed by atoms with E-state index in [1.165, 1.54) is 12.8 Å². The Balaban J connectivity index is 2.09. The molecule has 0 amide bonds. The Bertz CT molecular complexity index is 293. The first kappa shape index (κ1) is 8.69. The molecule has 70 valence electrons. The van der Waals surface area contributed by atoms with E-state index < -0.39 is 5.97 Å². The predicted octanol–water partition coefficient (Wildman–Crippen LogP) is 2.11. The van der Waals surface area contributed by atoms with Crippen molar-refractivity contribution < 1.29 is 9.90 Å². The number of hydrogen-bond donors (Lipinski definition) is 1. The largest absolute Gasteiger partial charge is 0.481 e. The second kappa shape index (κ2) is 3.46. The van der Waals surface area contributed by atoms with Crippen LogP contribution in [0.15, 0.2) is 11.7 Å². The van der Waals surface area contributed by atoms with Gasteiger partial charge in [-0.05, 0) is 18.8 Å². The van der Waals surface area contributed by atoms with Crippen molar-refractivity contribution in [1.29, 1.82) is 0 Å². The highest BCUT2D eigenvalue weighted by atomic mass is 32.1. The van der Waals surface area contributed by atoms with Gasteiger partial charge in [0.2, 0.25) is 0 Å². The average molecular weight is 197 g/mol. The van der Waals surface area contributed by atoms with E-state index in [-0.39, 0.29) is 12.3 Å². The molecule has 0 radical (unpaired) electrons. The van der Waals surface area contributed by atoms with Gasteiger partial charge in [-0.3, -0.25) is 9.78 Å². The zero-order chi connectivity index (χ0) is 9.26. The van der Waals surface area contributed by atoms with Gasteiger partial charge in [0.25, 0.3) is 0 Å². The van der Waals surface area contributed by atoms with Crippen LogP contribution in [-0.2, 0) is 4.79 Å². The number of carboxylic acids is 1. The van der Waals surface area contributed by atoms with Crippen LogP contribution in [0, 0.1) is 5.92 Å². The van der Waals surface area contributed by atoms with Crippen molar-refractivity contribution in [3.8, 4) is 0 Å². The van der Waals surface area contributed by atoms with Crippen LogP contribution in [0.3, 0.4) is 0 Å². The lowest BCUT2D eigenvalue weighted by Crippen LogP contribution is -2.06. The predicted molar refractivity (Wildman–Crippen MR) is 49.8 cm³/mol. The Morgan fingerprint density at radius 3 is 3.00 bits per heavy atom. The fourth-order valence-electron chi connectivity index (χ4n) is 1.60. The quantitative estimate of drug-likeness (QED) is 0.804. The molecule has 13 heavy (non-hydrogen) atoms. The summed E-state index contributed by atoms with van der Waals surface area (Å²) >= 11 is 1.57. The third-order valence-electron chi connectivity index (χ3n) is 2.40. The van der Waals surface area contributed by atoms with E-state index in [9.17, 15) is 4.79 Å². The van der Waals surface area contributed by atoms with Crippen LogP contribution in [0.1, 0.15) is 30.1 Å². The molecule has 1 fully saturated rings. The van der Waals surface area contributed by atoms with Crippen LogP contribution in [-0.4, -0.2) is 16.1 Å². The summed E-state index contributed by atoms with van der Waals surface area (Å²) in [5.74, 6) is 0.104. The minimum Gasteiger partial charge on any atom is -0.481 e. The van der Waals surface area contributed by atoms with Crippen LogP contribution in [0.4, 0.5) is 0 Å². The number of carboxylic acid groups (broad SMARTS) is 1. The molecule has 0 aliphatic heterocycles. The number of aliphatic carboxylic acids is 1. The normalized spacial score (nSPS) is 18.5. The molecule has 1 heterocycles. The number of nitrogens with zero attached hydrogens (tertiary/aromatic N) is 1. The molecule has 0 spiro atoms. The first-order valence-corrected chi connectivity index (χ1v) is 5.25. The van der Waals surface area contributed by atoms with Gasteiger partial charge in [0.15, 0.2) is 0 Å². The summed E-state index contributed by atoms with van der Waals surface area (Å²) in [6, 6.07) is 0. The van der Waals surface area contributed by atoms with Gasteiger partial charge >= 0.3 is 5.97 Å². The molecular weight excluding hydrogens is 186 g/mol. The van der Waals surface area contributed by atoms with Gasteiger partial charge in [-0.25, -0.2) is 0 Å². The Morgan fingerprint density at radius 1 is 1.77 bits per heavy atom. The first-order valence-electron chi connectivity index (χ1n) is 4.37. The maximum absolute atomic E-state index is 10.6. The fourth-order valence-corrected chi connectivity index (χ4v) is 2.41. The van der Waals surface area contributed by atoms with E-state index in [0.29, 0.717) is 5.92 Å². The van der Waals surface area contributed by atoms with Crippen molar-refractivity contribution in [2.45, 2.75) is 25.2 Å². The maximum Gasteiger partial charge on any atom is 0.304 e. The van der Waals surface area contributed by atoms with Crippen LogP contribution in [0.2, 0.25) is 0 Å². The molecule has 1 saturated carbocycles. The summed E-state index contributed by atoms with van der Waals surface area (Å²) in [5, 5.41) is 8.74. The third kappa shape index (κ3) is 2.06. The van der Waals surface area contributed by atoms with E-state index in [0.717, 1.165) is 4.88 Å². The van der Waals surface area contributed by atoms with Crippen molar-refractivity contribution in [3.63, 3.8) is 0 Å². The summed E-state index contributed by atoms with van der Waals surface area (Å²) in [6.07, 6.45) is 4.41. The molecule has 2 rings (SSSR count). The molecule has 1 aliphatic rings. The van der Waals surface area contributed by atoms with Gasteiger partial charge in [0, 0.05) is 17.0 Å². The molecule has 0 aromatic carbocycles. The summed E-state index contributed by atoms with van der Waals surface area (Å²) < 4.78 is 0. The number of aromatic nitrogens is 1. The number of hydrogen-bond acceptors (Lipinski definition) is 3. The van der Waals surface area contributed by atoms with Crippen molar-refractivity contribution >= 4 is 17.3 Å². The molecule has 4 heteroatoms. The molecular formula is C9H11NO2S. The van der Waals surface area contributed by atoms with Crippen molar-refractivity contribution in [2.24, 2.45) is 5.92 Å². The zero-order valence-corrected chi connectivity index (χ0v) is 7.96. The Labute approximate surface area is 80.4 Å². The fraction of sp³-hybridized carbons (Fsp3) is 0.556. The summed E-state index contributed by atoms with van der Waals surface area (Å²) in [5.41, 5.74) is 1.77. The second-order valence-electron chi connectivity index (χ2n) is 3.45. The van der Waals surface area contributed by atoms with Crippen LogP contribution in [0.25, 0.3) is 0 Å². The number of thiazole rings is 1. The Kier molecular flexibility index (Phi) is 2.31. The molecule has 1 unspecified atom stereocenters. The molecule has 1 N–H and O–H groups in total. The van der Waals surface area contributed by atoms with Gasteiger partial charge in [-0.15, -0.1) is 11.3 Å². The maximum atomic E-state index is 10.6. The minimum atomic E-state index is -0.703. The lowest BCUT2D eigenvalue weighted by atomic mass is 9.99. The summed E-state index contributed by atoms with van der Waals surface area (Å²) in [7, 11) is 0. The van der Waals surface area contributed by atoms with E-state index in [1.54, 1.807) is 23.0 Å². The third-order valence-corrected chi connectivity index (χ3v) is 3.31. The van der Waals surface area contributed by atoms with Crippen molar-refractivity contribution in [2.75, 3.05) is 0 Å². The van der Waals surface area contributed by atoms with Crippen LogP contribution >= 0.6 is 11.3 Å². The van der Waals surface area contributed by atoms with E-state index in [1.807, 2.05) is 0 Å². The second-order valence-corrected chi connectivity index (χ2v) is 4.36. The highest BCUT2D eigenvalue weighted by molar-refractivity contribution is 7.09. The highest BCUT2D eigenvalue weighted by Gasteiger charge is 2.34. The summed E-state index contributed by atoms with van der Waals surface area (Å²) in [6.45, 7) is 0. The van der Waals surface area contributed by atoms with E-state index in [4.69, 9.17) is 5.11 Å². The van der Waals surface area contributed by atoms with Gasteiger partial charge in [-0.1, -0.05) is 0 Å². The number of carbonyl (C=O) groups is 1. The first-order chi connectivity index (χ1) is 6.27. The molecule has 1 aromatic rings. The minimum absolute atomic E-state index is 0.213. The molecule has 0 bridgehead atoms. The average Bonchev–Trinajstić information content (AvgIpc) is 2.77. The van der Waals surface area contributed by atoms with Gasteiger partial charge in [-0.2, -0.15) is 0 Å². The van der Waals surface area contributed by atoms with Gasteiger partial charge < -0.3 is 5.11 Å². The van der Waals surface area contributed by atoms with Crippen LogP contribution < -0.4 is 0 Å². The highest BCUT2D eigenvalue weighted by Crippen LogP contribution is 2.45. The van der Waals surface area contributed by atoms with Crippen LogP contribution in [0.5, 0.6) is 0 Å².